The molecule has 1 unspecified atom stereocenters. The van der Waals surface area contributed by atoms with Crippen molar-refractivity contribution in [2.24, 2.45) is 5.92 Å². The van der Waals surface area contributed by atoms with Crippen LogP contribution in [0.25, 0.3) is 0 Å². The third-order valence-corrected chi connectivity index (χ3v) is 6.36. The lowest BCUT2D eigenvalue weighted by Gasteiger charge is -2.35. The van der Waals surface area contributed by atoms with Gasteiger partial charge in [-0.3, -0.25) is 14.3 Å². The largest absolute Gasteiger partial charge is 0.353 e. The molecular weight excluding hydrogens is 387 g/mol. The highest BCUT2D eigenvalue weighted by molar-refractivity contribution is 5.97. The van der Waals surface area contributed by atoms with Crippen LogP contribution < -0.4 is 11.4 Å². The maximum Gasteiger partial charge on any atom is 0.353 e. The number of rotatable bonds is 5. The molecule has 0 amide bonds. The summed E-state index contributed by atoms with van der Waals surface area (Å²) < 4.78 is 16.0. The van der Waals surface area contributed by atoms with Crippen molar-refractivity contribution in [1.29, 1.82) is 0 Å². The molecule has 1 aromatic heterocycles. The van der Waals surface area contributed by atoms with Gasteiger partial charge in [0.05, 0.1) is 0 Å². The molecule has 8 heteroatoms. The molecule has 2 aromatic rings. The molecule has 0 bridgehead atoms. The van der Waals surface area contributed by atoms with Crippen LogP contribution in [0.4, 0.5) is 4.39 Å². The Labute approximate surface area is 174 Å². The number of ketones is 1. The van der Waals surface area contributed by atoms with E-state index in [1.54, 1.807) is 4.57 Å². The minimum atomic E-state index is -0.471. The maximum atomic E-state index is 13.1. The van der Waals surface area contributed by atoms with E-state index < -0.39 is 5.69 Å². The molecule has 1 atom stereocenters. The van der Waals surface area contributed by atoms with E-state index in [4.69, 9.17) is 0 Å². The van der Waals surface area contributed by atoms with Gasteiger partial charge < -0.3 is 0 Å². The van der Waals surface area contributed by atoms with Crippen LogP contribution in [0.1, 0.15) is 48.8 Å². The summed E-state index contributed by atoms with van der Waals surface area (Å²) in [7, 11) is 0. The fourth-order valence-electron chi connectivity index (χ4n) is 4.53. The number of Topliss-reactive ketones (excluding diaryl/α,β-unsaturated/α-hetero) is 1. The van der Waals surface area contributed by atoms with Gasteiger partial charge in [-0.05, 0) is 70.0 Å². The minimum Gasteiger partial charge on any atom is -0.299 e. The van der Waals surface area contributed by atoms with Crippen LogP contribution in [0.3, 0.4) is 0 Å². The first-order valence-corrected chi connectivity index (χ1v) is 10.7. The van der Waals surface area contributed by atoms with Gasteiger partial charge >= 0.3 is 11.4 Å². The highest BCUT2D eigenvalue weighted by Gasteiger charge is 2.28. The van der Waals surface area contributed by atoms with Gasteiger partial charge in [0.15, 0.2) is 5.78 Å². The second-order valence-corrected chi connectivity index (χ2v) is 8.34. The van der Waals surface area contributed by atoms with E-state index in [0.29, 0.717) is 56.8 Å². The van der Waals surface area contributed by atoms with E-state index in [-0.39, 0.29) is 29.2 Å². The maximum absolute atomic E-state index is 13.1. The average molecular weight is 414 g/mol. The zero-order chi connectivity index (χ0) is 21.3. The van der Waals surface area contributed by atoms with Crippen molar-refractivity contribution in [2.45, 2.75) is 58.2 Å². The fourth-order valence-corrected chi connectivity index (χ4v) is 4.53. The Kier molecular flexibility index (Phi) is 5.94. The highest BCUT2D eigenvalue weighted by atomic mass is 19.1. The summed E-state index contributed by atoms with van der Waals surface area (Å²) in [6.45, 7) is 4.34. The van der Waals surface area contributed by atoms with E-state index in [1.165, 1.54) is 28.8 Å². The Morgan fingerprint density at radius 1 is 1.13 bits per heavy atom. The van der Waals surface area contributed by atoms with Gasteiger partial charge in [-0.2, -0.15) is 4.98 Å². The fraction of sp³-hybridized carbons (Fsp3) is 0.545. The standard InChI is InChI=1S/C22H27FN4O3/c1-15(14-27-21(29)24-19-4-2-3-11-26(19)22(27)30)25-12-9-17(10-13-25)20(28)16-5-7-18(23)8-6-16/h5-8,15,17H,2-4,9-14H2,1H3. The van der Waals surface area contributed by atoms with Crippen molar-refractivity contribution in [3.8, 4) is 0 Å². The van der Waals surface area contributed by atoms with Crippen LogP contribution in [0, 0.1) is 11.7 Å². The van der Waals surface area contributed by atoms with Crippen LogP contribution in [0.2, 0.25) is 0 Å². The first kappa shape index (κ1) is 20.7. The number of benzene rings is 1. The average Bonchev–Trinajstić information content (AvgIpc) is 2.76. The number of aromatic nitrogens is 3. The summed E-state index contributed by atoms with van der Waals surface area (Å²) >= 11 is 0. The molecule has 160 valence electrons. The smallest absolute Gasteiger partial charge is 0.299 e. The van der Waals surface area contributed by atoms with Crippen LogP contribution >= 0.6 is 0 Å². The second kappa shape index (κ2) is 8.63. The van der Waals surface area contributed by atoms with Gasteiger partial charge in [0.2, 0.25) is 0 Å². The number of fused-ring (bicyclic) bond motifs is 1. The molecular formula is C22H27FN4O3. The monoisotopic (exact) mass is 414 g/mol. The molecule has 0 spiro atoms. The van der Waals surface area contributed by atoms with Gasteiger partial charge in [0, 0.05) is 37.0 Å². The number of carbonyl (C=O) groups is 1. The molecule has 0 aliphatic carbocycles. The Morgan fingerprint density at radius 2 is 1.83 bits per heavy atom. The van der Waals surface area contributed by atoms with Crippen molar-refractivity contribution < 1.29 is 9.18 Å². The molecule has 2 aliphatic heterocycles. The third-order valence-electron chi connectivity index (χ3n) is 6.36. The molecule has 0 N–H and O–H groups in total. The quantitative estimate of drug-likeness (QED) is 0.698. The van der Waals surface area contributed by atoms with Crippen LogP contribution in [0.5, 0.6) is 0 Å². The Morgan fingerprint density at radius 3 is 2.53 bits per heavy atom. The zero-order valence-electron chi connectivity index (χ0n) is 17.2. The molecule has 0 saturated carbocycles. The third kappa shape index (κ3) is 4.14. The van der Waals surface area contributed by atoms with Gasteiger partial charge in [-0.25, -0.2) is 18.5 Å². The molecule has 3 heterocycles. The summed E-state index contributed by atoms with van der Waals surface area (Å²) in [5.41, 5.74) is -0.193. The van der Waals surface area contributed by atoms with Crippen molar-refractivity contribution >= 4 is 5.78 Å². The van der Waals surface area contributed by atoms with Crippen LogP contribution in [-0.4, -0.2) is 43.9 Å². The summed E-state index contributed by atoms with van der Waals surface area (Å²) in [5.74, 6) is 0.214. The highest BCUT2D eigenvalue weighted by Crippen LogP contribution is 2.23. The molecule has 0 radical (unpaired) electrons. The SMILES string of the molecule is CC(Cn1c(=O)nc2n(c1=O)CCCC2)N1CCC(C(=O)c2ccc(F)cc2)CC1. The number of carbonyl (C=O) groups excluding carboxylic acids is 1. The molecule has 7 nitrogen and oxygen atoms in total. The second-order valence-electron chi connectivity index (χ2n) is 8.34. The predicted octanol–water partition coefficient (Wildman–Crippen LogP) is 1.86. The zero-order valence-corrected chi connectivity index (χ0v) is 17.2. The van der Waals surface area contributed by atoms with E-state index in [1.807, 2.05) is 6.92 Å². The number of likely N-dealkylation sites (tertiary alicyclic amines) is 1. The van der Waals surface area contributed by atoms with E-state index in [0.717, 1.165) is 12.8 Å². The predicted molar refractivity (Wildman–Crippen MR) is 110 cm³/mol. The number of hydrogen-bond donors (Lipinski definition) is 0. The van der Waals surface area contributed by atoms with Crippen molar-refractivity contribution in [3.05, 3.63) is 62.4 Å². The molecule has 2 aliphatic rings. The summed E-state index contributed by atoms with van der Waals surface area (Å²) in [5, 5.41) is 0. The Balaban J connectivity index is 1.40. The van der Waals surface area contributed by atoms with Crippen molar-refractivity contribution in [2.75, 3.05) is 13.1 Å². The van der Waals surface area contributed by atoms with E-state index >= 15 is 0 Å². The lowest BCUT2D eigenvalue weighted by molar-refractivity contribution is 0.0786. The molecule has 1 saturated heterocycles. The summed E-state index contributed by atoms with van der Waals surface area (Å²) in [4.78, 5) is 44.2. The summed E-state index contributed by atoms with van der Waals surface area (Å²) in [6.07, 6.45) is 3.97. The number of halogens is 1. The van der Waals surface area contributed by atoms with E-state index in [9.17, 15) is 18.8 Å². The molecule has 30 heavy (non-hydrogen) atoms. The topological polar surface area (TPSA) is 77.2 Å². The first-order valence-electron chi connectivity index (χ1n) is 10.7. The van der Waals surface area contributed by atoms with Crippen LogP contribution in [0.15, 0.2) is 33.9 Å². The number of hydrogen-bond acceptors (Lipinski definition) is 5. The van der Waals surface area contributed by atoms with E-state index in [2.05, 4.69) is 9.88 Å². The van der Waals surface area contributed by atoms with Gasteiger partial charge in [-0.15, -0.1) is 0 Å². The van der Waals surface area contributed by atoms with Crippen LogP contribution in [-0.2, 0) is 19.5 Å². The lowest BCUT2D eigenvalue weighted by Crippen LogP contribution is -2.50. The normalized spacial score (nSPS) is 18.7. The van der Waals surface area contributed by atoms with Gasteiger partial charge in [-0.1, -0.05) is 0 Å². The van der Waals surface area contributed by atoms with Gasteiger partial charge in [0.1, 0.15) is 11.6 Å². The van der Waals surface area contributed by atoms with Gasteiger partial charge in [0.25, 0.3) is 0 Å². The summed E-state index contributed by atoms with van der Waals surface area (Å²) in [6, 6.07) is 5.69. The lowest BCUT2D eigenvalue weighted by atomic mass is 9.88. The first-order chi connectivity index (χ1) is 14.4. The molecule has 1 fully saturated rings. The number of aryl methyl sites for hydroxylation is 1. The molecule has 1 aromatic carbocycles. The van der Waals surface area contributed by atoms with Crippen molar-refractivity contribution in [3.63, 3.8) is 0 Å². The number of nitrogens with zero attached hydrogens (tertiary/aromatic N) is 4. The Hall–Kier alpha value is -2.61. The number of piperidine rings is 1. The van der Waals surface area contributed by atoms with Crippen molar-refractivity contribution in [1.82, 2.24) is 19.0 Å². The minimum absolute atomic E-state index is 0.0127. The Bertz CT molecular complexity index is 1040. The molecule has 4 rings (SSSR count).